The molecule has 1 fully saturated rings. The van der Waals surface area contributed by atoms with Gasteiger partial charge in [-0.25, -0.2) is 9.38 Å². The first-order valence-corrected chi connectivity index (χ1v) is 14.4. The molecule has 2 aromatic carbocycles. The van der Waals surface area contributed by atoms with Crippen LogP contribution in [0.4, 0.5) is 10.1 Å². The average Bonchev–Trinajstić information content (AvgIpc) is 3.27. The van der Waals surface area contributed by atoms with Gasteiger partial charge >= 0.3 is 0 Å². The Morgan fingerprint density at radius 1 is 0.861 bits per heavy atom. The SMILES string of the molecule is CCCCCCCCCCCCN1C/C(=C/c2ccc3c(c2)OCCO3)S/C1=N\c1ccc(F)cc1. The summed E-state index contributed by atoms with van der Waals surface area (Å²) in [7, 11) is 0. The van der Waals surface area contributed by atoms with E-state index in [0.29, 0.717) is 13.2 Å². The minimum Gasteiger partial charge on any atom is -0.486 e. The van der Waals surface area contributed by atoms with Gasteiger partial charge in [-0.1, -0.05) is 82.5 Å². The number of ether oxygens (including phenoxy) is 2. The first kappa shape index (κ1) is 26.6. The average molecular weight is 511 g/mol. The molecule has 2 aromatic rings. The van der Waals surface area contributed by atoms with Gasteiger partial charge in [-0.05, 0) is 54.5 Å². The van der Waals surface area contributed by atoms with Crippen molar-refractivity contribution in [3.05, 3.63) is 58.8 Å². The Hall–Kier alpha value is -2.47. The smallest absolute Gasteiger partial charge is 0.169 e. The number of amidine groups is 1. The molecule has 0 radical (unpaired) electrons. The summed E-state index contributed by atoms with van der Waals surface area (Å²) in [6.07, 6.45) is 15.5. The van der Waals surface area contributed by atoms with Crippen molar-refractivity contribution in [1.82, 2.24) is 4.90 Å². The highest BCUT2D eigenvalue weighted by Gasteiger charge is 2.24. The van der Waals surface area contributed by atoms with Crippen molar-refractivity contribution in [3.63, 3.8) is 0 Å². The zero-order chi connectivity index (χ0) is 25.0. The predicted molar refractivity (Wildman–Crippen MR) is 150 cm³/mol. The van der Waals surface area contributed by atoms with E-state index in [2.05, 4.69) is 24.0 Å². The summed E-state index contributed by atoms with van der Waals surface area (Å²) in [4.78, 5) is 8.47. The van der Waals surface area contributed by atoms with Crippen LogP contribution < -0.4 is 9.47 Å². The topological polar surface area (TPSA) is 34.1 Å². The molecule has 2 aliphatic rings. The minimum atomic E-state index is -0.237. The summed E-state index contributed by atoms with van der Waals surface area (Å²) in [6.45, 7) is 5.29. The molecule has 0 saturated carbocycles. The van der Waals surface area contributed by atoms with Gasteiger partial charge in [0.25, 0.3) is 0 Å². The zero-order valence-electron chi connectivity index (χ0n) is 21.5. The van der Waals surface area contributed by atoms with E-state index < -0.39 is 0 Å². The lowest BCUT2D eigenvalue weighted by Crippen LogP contribution is -2.25. The quantitative estimate of drug-likeness (QED) is 0.253. The Balaban J connectivity index is 1.33. The molecule has 0 N–H and O–H groups in total. The largest absolute Gasteiger partial charge is 0.486 e. The molecule has 2 aliphatic heterocycles. The summed E-state index contributed by atoms with van der Waals surface area (Å²) in [5.41, 5.74) is 1.89. The Morgan fingerprint density at radius 2 is 1.53 bits per heavy atom. The molecule has 0 aliphatic carbocycles. The molecule has 2 heterocycles. The summed E-state index contributed by atoms with van der Waals surface area (Å²) in [5, 5.41) is 0.987. The maximum absolute atomic E-state index is 13.4. The van der Waals surface area contributed by atoms with Crippen LogP contribution in [-0.2, 0) is 0 Å². The lowest BCUT2D eigenvalue weighted by Gasteiger charge is -2.18. The molecule has 1 saturated heterocycles. The zero-order valence-corrected chi connectivity index (χ0v) is 22.3. The second-order valence-corrected chi connectivity index (χ2v) is 10.7. The Morgan fingerprint density at radius 3 is 2.25 bits per heavy atom. The van der Waals surface area contributed by atoms with Crippen molar-refractivity contribution >= 4 is 28.7 Å². The van der Waals surface area contributed by atoms with Gasteiger partial charge in [-0.2, -0.15) is 0 Å². The highest BCUT2D eigenvalue weighted by molar-refractivity contribution is 8.17. The Labute approximate surface area is 220 Å². The van der Waals surface area contributed by atoms with Crippen molar-refractivity contribution in [2.24, 2.45) is 4.99 Å². The molecule has 0 amide bonds. The summed E-state index contributed by atoms with van der Waals surface area (Å²) < 4.78 is 24.8. The van der Waals surface area contributed by atoms with Crippen LogP contribution in [0.5, 0.6) is 11.5 Å². The molecule has 6 heteroatoms. The van der Waals surface area contributed by atoms with Gasteiger partial charge < -0.3 is 14.4 Å². The fraction of sp³-hybridized carbons (Fsp3) is 0.500. The van der Waals surface area contributed by atoms with Crippen LogP contribution in [0.3, 0.4) is 0 Å². The van der Waals surface area contributed by atoms with E-state index in [4.69, 9.17) is 14.5 Å². The molecule has 4 nitrogen and oxygen atoms in total. The number of hydrogen-bond donors (Lipinski definition) is 0. The monoisotopic (exact) mass is 510 g/mol. The number of nitrogens with zero attached hydrogens (tertiary/aromatic N) is 2. The number of aliphatic imine (C=N–C) groups is 1. The van der Waals surface area contributed by atoms with Gasteiger partial charge in [-0.3, -0.25) is 0 Å². The Kier molecular flexibility index (Phi) is 10.6. The molecule has 36 heavy (non-hydrogen) atoms. The van der Waals surface area contributed by atoms with Crippen LogP contribution >= 0.6 is 11.8 Å². The molecule has 0 atom stereocenters. The van der Waals surface area contributed by atoms with E-state index in [0.717, 1.165) is 47.4 Å². The first-order valence-electron chi connectivity index (χ1n) is 13.6. The van der Waals surface area contributed by atoms with Crippen LogP contribution in [0.1, 0.15) is 76.7 Å². The van der Waals surface area contributed by atoms with Crippen LogP contribution in [0.25, 0.3) is 6.08 Å². The van der Waals surface area contributed by atoms with Crippen molar-refractivity contribution < 1.29 is 13.9 Å². The standard InChI is InChI=1S/C30H39FN2O2S/c1-2-3-4-5-6-7-8-9-10-11-18-33-23-27(36-30(33)32-26-15-13-25(31)14-16-26)21-24-12-17-28-29(22-24)35-20-19-34-28/h12-17,21-22H,2-11,18-20,23H2,1H3/b27-21-,32-30-. The number of fused-ring (bicyclic) bond motifs is 1. The van der Waals surface area contributed by atoms with E-state index >= 15 is 0 Å². The summed E-state index contributed by atoms with van der Waals surface area (Å²) >= 11 is 1.70. The van der Waals surface area contributed by atoms with Crippen molar-refractivity contribution in [2.45, 2.75) is 71.1 Å². The number of thioether (sulfide) groups is 1. The molecule has 0 bridgehead atoms. The van der Waals surface area contributed by atoms with Crippen molar-refractivity contribution in [3.8, 4) is 11.5 Å². The maximum Gasteiger partial charge on any atom is 0.169 e. The molecular weight excluding hydrogens is 471 g/mol. The number of unbranched alkanes of at least 4 members (excludes halogenated alkanes) is 9. The third-order valence-corrected chi connectivity index (χ3v) is 7.61. The maximum atomic E-state index is 13.4. The predicted octanol–water partition coefficient (Wildman–Crippen LogP) is 8.60. The molecule has 0 aromatic heterocycles. The lowest BCUT2D eigenvalue weighted by molar-refractivity contribution is 0.171. The van der Waals surface area contributed by atoms with Crippen molar-refractivity contribution in [2.75, 3.05) is 26.3 Å². The number of benzene rings is 2. The van der Waals surface area contributed by atoms with Gasteiger partial charge in [0.1, 0.15) is 19.0 Å². The Bertz CT molecular complexity index is 1020. The van der Waals surface area contributed by atoms with Crippen LogP contribution in [0.2, 0.25) is 0 Å². The second kappa shape index (κ2) is 14.3. The highest BCUT2D eigenvalue weighted by atomic mass is 32.2. The van der Waals surface area contributed by atoms with Gasteiger partial charge in [0, 0.05) is 11.4 Å². The third kappa shape index (κ3) is 8.29. The van der Waals surface area contributed by atoms with Gasteiger partial charge in [0.15, 0.2) is 16.7 Å². The number of halogens is 1. The molecule has 194 valence electrons. The fourth-order valence-corrected chi connectivity index (χ4v) is 5.65. The van der Waals surface area contributed by atoms with Gasteiger partial charge in [0.2, 0.25) is 0 Å². The summed E-state index contributed by atoms with van der Waals surface area (Å²) in [6, 6.07) is 12.5. The van der Waals surface area contributed by atoms with E-state index in [1.54, 1.807) is 23.9 Å². The van der Waals surface area contributed by atoms with E-state index in [9.17, 15) is 4.39 Å². The van der Waals surface area contributed by atoms with Crippen LogP contribution in [-0.4, -0.2) is 36.4 Å². The van der Waals surface area contributed by atoms with Crippen LogP contribution in [0.15, 0.2) is 52.4 Å². The minimum absolute atomic E-state index is 0.237. The number of rotatable bonds is 13. The summed E-state index contributed by atoms with van der Waals surface area (Å²) in [5.74, 6) is 1.38. The number of hydrogen-bond acceptors (Lipinski definition) is 4. The second-order valence-electron chi connectivity index (χ2n) is 9.59. The highest BCUT2D eigenvalue weighted by Crippen LogP contribution is 2.36. The normalized spacial score (nSPS) is 17.3. The van der Waals surface area contributed by atoms with Gasteiger partial charge in [0.05, 0.1) is 12.2 Å². The first-order chi connectivity index (χ1) is 17.7. The lowest BCUT2D eigenvalue weighted by atomic mass is 10.1. The third-order valence-electron chi connectivity index (χ3n) is 6.57. The van der Waals surface area contributed by atoms with E-state index in [1.807, 2.05) is 12.1 Å². The molecular formula is C30H39FN2O2S. The van der Waals surface area contributed by atoms with Gasteiger partial charge in [-0.15, -0.1) is 0 Å². The van der Waals surface area contributed by atoms with Crippen molar-refractivity contribution in [1.29, 1.82) is 0 Å². The van der Waals surface area contributed by atoms with Crippen LogP contribution in [0, 0.1) is 5.82 Å². The van der Waals surface area contributed by atoms with E-state index in [-0.39, 0.29) is 5.82 Å². The molecule has 4 rings (SSSR count). The molecule has 0 unspecified atom stereocenters. The van der Waals surface area contributed by atoms with E-state index in [1.165, 1.54) is 74.8 Å². The fourth-order valence-electron chi connectivity index (χ4n) is 4.56. The molecule has 0 spiro atoms.